The summed E-state index contributed by atoms with van der Waals surface area (Å²) in [5, 5.41) is 11.0. The van der Waals surface area contributed by atoms with E-state index in [1.165, 1.54) is 0 Å². The Hall–Kier alpha value is -1.23. The van der Waals surface area contributed by atoms with Crippen LogP contribution < -0.4 is 5.32 Å². The highest BCUT2D eigenvalue weighted by molar-refractivity contribution is 5.25. The van der Waals surface area contributed by atoms with Crippen molar-refractivity contribution in [2.75, 3.05) is 19.0 Å². The number of aryl methyl sites for hydroxylation is 2. The van der Waals surface area contributed by atoms with Crippen LogP contribution in [0.3, 0.4) is 0 Å². The van der Waals surface area contributed by atoms with Crippen molar-refractivity contribution < 1.29 is 4.74 Å². The second-order valence-corrected chi connectivity index (χ2v) is 3.31. The van der Waals surface area contributed by atoms with Crippen LogP contribution in [0.2, 0.25) is 0 Å². The number of rotatable bonds is 4. The van der Waals surface area contributed by atoms with Gasteiger partial charge in [0.15, 0.2) is 0 Å². The Morgan fingerprint density at radius 2 is 2.00 bits per heavy atom. The number of hydrogen-bond donors (Lipinski definition) is 1. The molecule has 0 bridgehead atoms. The summed E-state index contributed by atoms with van der Waals surface area (Å²) >= 11 is 0. The van der Waals surface area contributed by atoms with Gasteiger partial charge in [0.25, 0.3) is 0 Å². The molecule has 1 atom stereocenters. The molecule has 0 aliphatic carbocycles. The van der Waals surface area contributed by atoms with Gasteiger partial charge in [-0.05, 0) is 20.8 Å². The molecule has 5 nitrogen and oxygen atoms in total. The first kappa shape index (κ1) is 10.8. The molecule has 78 valence electrons. The Morgan fingerprint density at radius 1 is 1.29 bits per heavy atom. The standard InChI is InChI=1S/C9H16N4O/c1-6(5-14-4)10-9-11-7(2)8(3)12-13-9/h6H,5H2,1-4H3,(H,10,11,13)/t6-/m1/s1. The van der Waals surface area contributed by atoms with Crippen molar-refractivity contribution >= 4 is 5.95 Å². The highest BCUT2D eigenvalue weighted by atomic mass is 16.5. The lowest BCUT2D eigenvalue weighted by Crippen LogP contribution is -2.22. The molecule has 0 aromatic carbocycles. The Morgan fingerprint density at radius 3 is 2.57 bits per heavy atom. The van der Waals surface area contributed by atoms with Crippen molar-refractivity contribution in [2.24, 2.45) is 0 Å². The van der Waals surface area contributed by atoms with E-state index < -0.39 is 0 Å². The minimum atomic E-state index is 0.184. The van der Waals surface area contributed by atoms with Gasteiger partial charge in [0.1, 0.15) is 0 Å². The van der Waals surface area contributed by atoms with Gasteiger partial charge in [-0.15, -0.1) is 5.10 Å². The average Bonchev–Trinajstić information content (AvgIpc) is 2.12. The highest BCUT2D eigenvalue weighted by Gasteiger charge is 2.05. The molecule has 0 unspecified atom stereocenters. The largest absolute Gasteiger partial charge is 0.383 e. The van der Waals surface area contributed by atoms with Crippen LogP contribution in [0.5, 0.6) is 0 Å². The zero-order chi connectivity index (χ0) is 10.6. The number of methoxy groups -OCH3 is 1. The highest BCUT2D eigenvalue weighted by Crippen LogP contribution is 2.03. The third-order valence-electron chi connectivity index (χ3n) is 1.88. The molecule has 14 heavy (non-hydrogen) atoms. The molecule has 0 fully saturated rings. The summed E-state index contributed by atoms with van der Waals surface area (Å²) in [6.07, 6.45) is 0. The van der Waals surface area contributed by atoms with Crippen LogP contribution in [0, 0.1) is 13.8 Å². The van der Waals surface area contributed by atoms with Crippen molar-refractivity contribution in [3.8, 4) is 0 Å². The van der Waals surface area contributed by atoms with Crippen molar-refractivity contribution in [3.63, 3.8) is 0 Å². The summed E-state index contributed by atoms with van der Waals surface area (Å²) in [6, 6.07) is 0.184. The topological polar surface area (TPSA) is 59.9 Å². The fraction of sp³-hybridized carbons (Fsp3) is 0.667. The molecule has 5 heteroatoms. The summed E-state index contributed by atoms with van der Waals surface area (Å²) in [7, 11) is 1.66. The molecule has 0 amide bonds. The third-order valence-corrected chi connectivity index (χ3v) is 1.88. The maximum atomic E-state index is 4.99. The van der Waals surface area contributed by atoms with Crippen LogP contribution in [0.1, 0.15) is 18.3 Å². The van der Waals surface area contributed by atoms with E-state index in [-0.39, 0.29) is 6.04 Å². The minimum Gasteiger partial charge on any atom is -0.383 e. The number of ether oxygens (including phenoxy) is 1. The molecule has 1 heterocycles. The van der Waals surface area contributed by atoms with Gasteiger partial charge in [0.05, 0.1) is 18.0 Å². The summed E-state index contributed by atoms with van der Waals surface area (Å²) in [5.74, 6) is 0.553. The molecule has 0 radical (unpaired) electrons. The molecule has 0 spiro atoms. The monoisotopic (exact) mass is 196 g/mol. The predicted octanol–water partition coefficient (Wildman–Crippen LogP) is 0.935. The van der Waals surface area contributed by atoms with Gasteiger partial charge < -0.3 is 10.1 Å². The lowest BCUT2D eigenvalue weighted by molar-refractivity contribution is 0.190. The summed E-state index contributed by atoms with van der Waals surface area (Å²) < 4.78 is 4.99. The zero-order valence-corrected chi connectivity index (χ0v) is 9.03. The maximum Gasteiger partial charge on any atom is 0.243 e. The van der Waals surface area contributed by atoms with Crippen LogP contribution in [0.15, 0.2) is 0 Å². The SMILES string of the molecule is COC[C@@H](C)Nc1nnc(C)c(C)n1. The van der Waals surface area contributed by atoms with Gasteiger partial charge in [-0.3, -0.25) is 0 Å². The van der Waals surface area contributed by atoms with Gasteiger partial charge in [-0.25, -0.2) is 4.98 Å². The summed E-state index contributed by atoms with van der Waals surface area (Å²) in [4.78, 5) is 4.25. The maximum absolute atomic E-state index is 4.99. The van der Waals surface area contributed by atoms with Crippen LogP contribution in [0.25, 0.3) is 0 Å². The fourth-order valence-electron chi connectivity index (χ4n) is 1.03. The molecule has 0 aliphatic rings. The minimum absolute atomic E-state index is 0.184. The average molecular weight is 196 g/mol. The second-order valence-electron chi connectivity index (χ2n) is 3.31. The fourth-order valence-corrected chi connectivity index (χ4v) is 1.03. The third kappa shape index (κ3) is 2.92. The first-order chi connectivity index (χ1) is 6.63. The van der Waals surface area contributed by atoms with Crippen LogP contribution >= 0.6 is 0 Å². The molecule has 1 N–H and O–H groups in total. The lowest BCUT2D eigenvalue weighted by atomic mass is 10.3. The number of nitrogens with one attached hydrogen (secondary N) is 1. The van der Waals surface area contributed by atoms with E-state index in [9.17, 15) is 0 Å². The molecule has 1 aromatic heterocycles. The molecule has 0 aliphatic heterocycles. The van der Waals surface area contributed by atoms with Crippen molar-refractivity contribution in [1.29, 1.82) is 0 Å². The molecule has 1 aromatic rings. The normalized spacial score (nSPS) is 12.6. The molecule has 1 rings (SSSR count). The Balaban J connectivity index is 2.63. The van der Waals surface area contributed by atoms with Crippen molar-refractivity contribution in [3.05, 3.63) is 11.4 Å². The smallest absolute Gasteiger partial charge is 0.243 e. The first-order valence-electron chi connectivity index (χ1n) is 4.57. The van der Waals surface area contributed by atoms with Crippen LogP contribution in [-0.4, -0.2) is 34.9 Å². The molecular weight excluding hydrogens is 180 g/mol. The predicted molar refractivity (Wildman–Crippen MR) is 54.3 cm³/mol. The van der Waals surface area contributed by atoms with E-state index in [0.29, 0.717) is 12.6 Å². The van der Waals surface area contributed by atoms with E-state index in [4.69, 9.17) is 4.74 Å². The summed E-state index contributed by atoms with van der Waals surface area (Å²) in [6.45, 7) is 6.42. The number of hydrogen-bond acceptors (Lipinski definition) is 5. The van der Waals surface area contributed by atoms with Crippen molar-refractivity contribution in [2.45, 2.75) is 26.8 Å². The van der Waals surface area contributed by atoms with Gasteiger partial charge in [0, 0.05) is 13.2 Å². The number of nitrogens with zero attached hydrogens (tertiary/aromatic N) is 3. The Kier molecular flexibility index (Phi) is 3.76. The van der Waals surface area contributed by atoms with Gasteiger partial charge in [-0.1, -0.05) is 0 Å². The van der Waals surface area contributed by atoms with Crippen LogP contribution in [0.4, 0.5) is 5.95 Å². The van der Waals surface area contributed by atoms with E-state index >= 15 is 0 Å². The van der Waals surface area contributed by atoms with Crippen molar-refractivity contribution in [1.82, 2.24) is 15.2 Å². The van der Waals surface area contributed by atoms with E-state index in [0.717, 1.165) is 11.4 Å². The van der Waals surface area contributed by atoms with E-state index in [1.54, 1.807) is 7.11 Å². The molecule has 0 saturated heterocycles. The zero-order valence-electron chi connectivity index (χ0n) is 9.03. The number of aromatic nitrogens is 3. The number of anilines is 1. The lowest BCUT2D eigenvalue weighted by Gasteiger charge is -2.12. The molecular formula is C9H16N4O. The Labute approximate surface area is 83.9 Å². The Bertz CT molecular complexity index is 303. The quantitative estimate of drug-likeness (QED) is 0.776. The molecule has 0 saturated carbocycles. The van der Waals surface area contributed by atoms with E-state index in [1.807, 2.05) is 20.8 Å². The summed E-state index contributed by atoms with van der Waals surface area (Å²) in [5.41, 5.74) is 1.75. The first-order valence-corrected chi connectivity index (χ1v) is 4.57. The van der Waals surface area contributed by atoms with Gasteiger partial charge >= 0.3 is 0 Å². The van der Waals surface area contributed by atoms with Gasteiger partial charge in [0.2, 0.25) is 5.95 Å². The van der Waals surface area contributed by atoms with E-state index in [2.05, 4.69) is 20.5 Å². The second kappa shape index (κ2) is 4.85. The van der Waals surface area contributed by atoms with Gasteiger partial charge in [-0.2, -0.15) is 5.10 Å². The van der Waals surface area contributed by atoms with Crippen LogP contribution in [-0.2, 0) is 4.74 Å².